The summed E-state index contributed by atoms with van der Waals surface area (Å²) in [5.74, 6) is 0.172. The van der Waals surface area contributed by atoms with Crippen LogP contribution >= 0.6 is 0 Å². The van der Waals surface area contributed by atoms with Crippen LogP contribution < -0.4 is 5.56 Å². The second kappa shape index (κ2) is 11.3. The minimum Gasteiger partial charge on any atom is -0.332 e. The first-order chi connectivity index (χ1) is 11.9. The number of fused-ring (bicyclic) bond motifs is 1. The molecule has 0 saturated carbocycles. The van der Waals surface area contributed by atoms with Gasteiger partial charge in [-0.15, -0.1) is 0 Å². The van der Waals surface area contributed by atoms with Crippen molar-refractivity contribution in [1.29, 1.82) is 0 Å². The molecular weight excluding hydrogens is 324 g/mol. The number of hydrogen-bond acceptors (Lipinski definition) is 2. The number of aromatic nitrogens is 1. The molecule has 1 aliphatic rings. The minimum atomic E-state index is 0. The first kappa shape index (κ1) is 23.6. The van der Waals surface area contributed by atoms with Crippen molar-refractivity contribution in [3.8, 4) is 0 Å². The van der Waals surface area contributed by atoms with Gasteiger partial charge < -0.3 is 9.47 Å². The highest BCUT2D eigenvalue weighted by Gasteiger charge is 2.27. The van der Waals surface area contributed by atoms with E-state index in [9.17, 15) is 9.59 Å². The summed E-state index contributed by atoms with van der Waals surface area (Å²) in [5, 5.41) is 0. The number of pyridine rings is 1. The molecule has 4 heteroatoms. The fraction of sp³-hybridized carbons (Fsp3) is 0.455. The molecule has 1 aromatic heterocycles. The largest absolute Gasteiger partial charge is 0.332 e. The van der Waals surface area contributed by atoms with Crippen LogP contribution in [0.3, 0.4) is 0 Å². The maximum atomic E-state index is 11.8. The number of benzene rings is 1. The van der Waals surface area contributed by atoms with Crippen molar-refractivity contribution < 1.29 is 4.79 Å². The van der Waals surface area contributed by atoms with Gasteiger partial charge in [-0.2, -0.15) is 0 Å². The number of rotatable bonds is 2. The Balaban J connectivity index is 0.000000436. The maximum Gasteiger partial charge on any atom is 0.254 e. The summed E-state index contributed by atoms with van der Waals surface area (Å²) < 4.78 is 1.69. The van der Waals surface area contributed by atoms with Gasteiger partial charge in [0.05, 0.1) is 0 Å². The molecule has 1 amide bonds. The zero-order chi connectivity index (χ0) is 19.0. The summed E-state index contributed by atoms with van der Waals surface area (Å²) in [4.78, 5) is 24.7. The van der Waals surface area contributed by atoms with E-state index in [1.165, 1.54) is 0 Å². The van der Waals surface area contributed by atoms with Crippen LogP contribution in [0.2, 0.25) is 0 Å². The Bertz CT molecular complexity index is 733. The predicted molar refractivity (Wildman–Crippen MR) is 111 cm³/mol. The highest BCUT2D eigenvalue weighted by Crippen LogP contribution is 2.23. The summed E-state index contributed by atoms with van der Waals surface area (Å²) in [7, 11) is 0. The van der Waals surface area contributed by atoms with Crippen molar-refractivity contribution in [3.05, 3.63) is 70.1 Å². The molecule has 4 nitrogen and oxygen atoms in total. The second-order valence-corrected chi connectivity index (χ2v) is 6.22. The topological polar surface area (TPSA) is 42.3 Å². The van der Waals surface area contributed by atoms with Crippen LogP contribution in [0, 0.1) is 0 Å². The first-order valence-corrected chi connectivity index (χ1v) is 8.98. The smallest absolute Gasteiger partial charge is 0.254 e. The van der Waals surface area contributed by atoms with Crippen LogP contribution in [0.5, 0.6) is 0 Å². The Labute approximate surface area is 158 Å². The van der Waals surface area contributed by atoms with E-state index in [1.54, 1.807) is 22.9 Å². The monoisotopic (exact) mass is 358 g/mol. The molecule has 1 aromatic carbocycles. The third-order valence-corrected chi connectivity index (χ3v) is 3.88. The van der Waals surface area contributed by atoms with Crippen LogP contribution in [0.25, 0.3) is 0 Å². The van der Waals surface area contributed by atoms with Gasteiger partial charge in [-0.25, -0.2) is 0 Å². The molecule has 0 spiro atoms. The normalized spacial score (nSPS) is 11.8. The molecule has 3 rings (SSSR count). The molecule has 2 aromatic rings. The number of carbonyl (C=O) groups excluding carboxylic acids is 1. The van der Waals surface area contributed by atoms with Crippen LogP contribution in [-0.2, 0) is 6.54 Å². The number of amides is 1. The van der Waals surface area contributed by atoms with Gasteiger partial charge in [0.2, 0.25) is 0 Å². The molecule has 144 valence electrons. The Morgan fingerprint density at radius 2 is 1.42 bits per heavy atom. The van der Waals surface area contributed by atoms with Crippen molar-refractivity contribution >= 4 is 5.91 Å². The standard InChI is InChI=1S/C11H13NO.C8H11NO.C2H6.CH4/c1-8(2)12-7-9-5-3-4-6-10(9)11(12)13;1-7(2)9-6-4-3-5-8(9)10;1-2;/h3-6,8H,7H2,1-2H3;3-7H,1-2H3;1-2H3;1H4. The Hall–Kier alpha value is -2.36. The lowest BCUT2D eigenvalue weighted by Gasteiger charge is -2.19. The van der Waals surface area contributed by atoms with E-state index < -0.39 is 0 Å². The maximum absolute atomic E-state index is 11.8. The number of carbonyl (C=O) groups is 1. The summed E-state index contributed by atoms with van der Waals surface area (Å²) in [6, 6.07) is 13.6. The quantitative estimate of drug-likeness (QED) is 0.746. The zero-order valence-electron chi connectivity index (χ0n) is 16.2. The third-order valence-electron chi connectivity index (χ3n) is 3.88. The summed E-state index contributed by atoms with van der Waals surface area (Å²) in [6.45, 7) is 12.8. The molecular formula is C22H34N2O2. The summed E-state index contributed by atoms with van der Waals surface area (Å²) in [6.07, 6.45) is 1.80. The fourth-order valence-corrected chi connectivity index (χ4v) is 2.56. The summed E-state index contributed by atoms with van der Waals surface area (Å²) >= 11 is 0. The van der Waals surface area contributed by atoms with E-state index >= 15 is 0 Å². The van der Waals surface area contributed by atoms with Crippen LogP contribution in [0.4, 0.5) is 0 Å². The van der Waals surface area contributed by atoms with Gasteiger partial charge in [-0.1, -0.05) is 45.5 Å². The van der Waals surface area contributed by atoms with Crippen LogP contribution in [0.15, 0.2) is 53.5 Å². The van der Waals surface area contributed by atoms with Gasteiger partial charge >= 0.3 is 0 Å². The van der Waals surface area contributed by atoms with Crippen LogP contribution in [0.1, 0.15) is 70.9 Å². The lowest BCUT2D eigenvalue weighted by atomic mass is 10.1. The molecule has 0 radical (unpaired) electrons. The van der Waals surface area contributed by atoms with Gasteiger partial charge in [-0.3, -0.25) is 9.59 Å². The average Bonchev–Trinajstić information content (AvgIpc) is 2.95. The fourth-order valence-electron chi connectivity index (χ4n) is 2.56. The molecule has 26 heavy (non-hydrogen) atoms. The summed E-state index contributed by atoms with van der Waals surface area (Å²) in [5.41, 5.74) is 2.09. The molecule has 0 N–H and O–H groups in total. The lowest BCUT2D eigenvalue weighted by Crippen LogP contribution is -2.30. The van der Waals surface area contributed by atoms with E-state index in [1.807, 2.05) is 76.8 Å². The second-order valence-electron chi connectivity index (χ2n) is 6.22. The lowest BCUT2D eigenvalue weighted by molar-refractivity contribution is 0.0730. The SMILES string of the molecule is C.CC.CC(C)N1Cc2ccccc2C1=O.CC(C)n1ccccc1=O. The van der Waals surface area contributed by atoms with E-state index in [0.717, 1.165) is 17.7 Å². The zero-order valence-corrected chi connectivity index (χ0v) is 16.2. The van der Waals surface area contributed by atoms with E-state index in [0.29, 0.717) is 6.04 Å². The van der Waals surface area contributed by atoms with E-state index in [2.05, 4.69) is 0 Å². The van der Waals surface area contributed by atoms with E-state index in [4.69, 9.17) is 0 Å². The molecule has 1 aliphatic heterocycles. The molecule has 0 unspecified atom stereocenters. The van der Waals surface area contributed by atoms with Gasteiger partial charge in [-0.05, 0) is 45.4 Å². The molecule has 2 heterocycles. The van der Waals surface area contributed by atoms with Gasteiger partial charge in [0.25, 0.3) is 11.5 Å². The van der Waals surface area contributed by atoms with Gasteiger partial charge in [0.15, 0.2) is 0 Å². The minimum absolute atomic E-state index is 0. The Morgan fingerprint density at radius 3 is 1.88 bits per heavy atom. The van der Waals surface area contributed by atoms with Crippen molar-refractivity contribution in [2.75, 3.05) is 0 Å². The van der Waals surface area contributed by atoms with Crippen LogP contribution in [-0.4, -0.2) is 21.4 Å². The number of nitrogens with zero attached hydrogens (tertiary/aromatic N) is 2. The predicted octanol–water partition coefficient (Wildman–Crippen LogP) is 5.14. The van der Waals surface area contributed by atoms with Crippen molar-refractivity contribution in [2.24, 2.45) is 0 Å². The van der Waals surface area contributed by atoms with Gasteiger partial charge in [0, 0.05) is 36.5 Å². The first-order valence-electron chi connectivity index (χ1n) is 8.98. The molecule has 0 aliphatic carbocycles. The molecule has 0 bridgehead atoms. The average molecular weight is 359 g/mol. The molecule has 0 saturated heterocycles. The number of hydrogen-bond donors (Lipinski definition) is 0. The van der Waals surface area contributed by atoms with Crippen molar-refractivity contribution in [2.45, 2.75) is 67.6 Å². The molecule has 0 atom stereocenters. The van der Waals surface area contributed by atoms with E-state index in [-0.39, 0.29) is 24.9 Å². The Morgan fingerprint density at radius 1 is 0.846 bits per heavy atom. The third kappa shape index (κ3) is 5.87. The van der Waals surface area contributed by atoms with Crippen molar-refractivity contribution in [1.82, 2.24) is 9.47 Å². The van der Waals surface area contributed by atoms with Crippen molar-refractivity contribution in [3.63, 3.8) is 0 Å². The Kier molecular flexibility index (Phi) is 10.3. The molecule has 0 fully saturated rings. The van der Waals surface area contributed by atoms with Gasteiger partial charge in [0.1, 0.15) is 0 Å². The highest BCUT2D eigenvalue weighted by atomic mass is 16.2. The highest BCUT2D eigenvalue weighted by molar-refractivity contribution is 5.98.